The average molecular weight is 1500 g/mol. The summed E-state index contributed by atoms with van der Waals surface area (Å²) in [6, 6.07) is 77.1. The first-order valence-corrected chi connectivity index (χ1v) is 39.8. The van der Waals surface area contributed by atoms with Gasteiger partial charge in [-0.3, -0.25) is 0 Å². The van der Waals surface area contributed by atoms with E-state index < -0.39 is 0 Å². The molecule has 9 rings (SSSR count). The fraction of sp³-hybridized carbons (Fsp3) is 0.426. The Morgan fingerprint density at radius 1 is 0.188 bits per heavy atom. The van der Waals surface area contributed by atoms with E-state index >= 15 is 0 Å². The maximum Gasteiger partial charge on any atom is 0.0130 e. The zero-order valence-corrected chi connectivity index (χ0v) is 65.3. The summed E-state index contributed by atoms with van der Waals surface area (Å²) in [5, 5.41) is 0. The van der Waals surface area contributed by atoms with Crippen LogP contribution in [0.4, 0.5) is 0 Å². The molecule has 0 fully saturated rings. The van der Waals surface area contributed by atoms with Crippen LogP contribution in [0.2, 0.25) is 0 Å². The summed E-state index contributed by atoms with van der Waals surface area (Å²) in [5.41, 5.74) is 25.7. The van der Waals surface area contributed by atoms with E-state index in [4.69, 9.17) is 0 Å². The number of hydrogen-bond donors (Lipinski definition) is 0. The van der Waals surface area contributed by atoms with Crippen LogP contribution in [-0.4, -0.2) is 0 Å². The molecule has 96 heavy (non-hydrogen) atoms. The lowest BCUT2D eigenvalue weighted by molar-refractivity contribution is 0.437. The van der Waals surface area contributed by atoms with E-state index in [1.54, 1.807) is 0 Å². The summed E-state index contributed by atoms with van der Waals surface area (Å²) in [4.78, 5) is 0. The molecule has 2 heteroatoms. The molecule has 0 nitrogen and oxygen atoms in total. The van der Waals surface area contributed by atoms with Crippen molar-refractivity contribution in [1.82, 2.24) is 0 Å². The number of halogens is 2. The third-order valence-corrected chi connectivity index (χ3v) is 22.2. The van der Waals surface area contributed by atoms with E-state index in [9.17, 15) is 0 Å². The van der Waals surface area contributed by atoms with Crippen molar-refractivity contribution in [2.45, 2.75) is 212 Å². The summed E-state index contributed by atoms with van der Waals surface area (Å²) >= 11 is 4.87. The quantitative estimate of drug-likeness (QED) is 0.0343. The summed E-state index contributed by atoms with van der Waals surface area (Å²) in [5.74, 6) is 5.78. The molecule has 506 valence electrons. The molecule has 0 aliphatic rings. The first-order chi connectivity index (χ1) is 46.3. The van der Waals surface area contributed by atoms with Gasteiger partial charge in [0.2, 0.25) is 0 Å². The van der Waals surface area contributed by atoms with E-state index in [-0.39, 0.29) is 0 Å². The lowest BCUT2D eigenvalue weighted by Crippen LogP contribution is -2.03. The maximum absolute atomic E-state index is 2.49. The van der Waals surface area contributed by atoms with Gasteiger partial charge in [-0.15, -0.1) is 0 Å². The van der Waals surface area contributed by atoms with Gasteiger partial charge < -0.3 is 0 Å². The first-order valence-electron chi connectivity index (χ1n) is 37.7. The van der Waals surface area contributed by atoms with Gasteiger partial charge in [-0.1, -0.05) is 330 Å². The second-order valence-electron chi connectivity index (χ2n) is 31.1. The summed E-state index contributed by atoms with van der Waals surface area (Å²) in [6.07, 6.45) is 24.8. The zero-order valence-electron chi connectivity index (χ0n) is 61.0. The molecule has 9 aromatic carbocycles. The van der Waals surface area contributed by atoms with Crippen LogP contribution in [0.3, 0.4) is 0 Å². The van der Waals surface area contributed by atoms with Gasteiger partial charge >= 0.3 is 0 Å². The molecule has 0 N–H and O–H groups in total. The highest BCUT2D eigenvalue weighted by Crippen LogP contribution is 2.56. The second-order valence-corrected chi connectivity index (χ2v) is 33.6. The van der Waals surface area contributed by atoms with E-state index in [1.165, 1.54) is 221 Å². The minimum atomic E-state index is 0.691. The van der Waals surface area contributed by atoms with Crippen molar-refractivity contribution >= 4 is 45.2 Å². The molecule has 0 aromatic heterocycles. The molecule has 0 amide bonds. The standard InChI is InChI=1S/C94H116I2/c1-65(2)17-13-21-69(9)25-29-73-33-41-81(42-34-73)89-90(82-43-35-74(36-44-82)30-26-70(10)22-14-18-66(3)4)94(86-55-51-78(52-56-86)80-59-63-88(96)64-60-80)92(84-47-39-76(40-48-84)32-28-72(12)24-16-20-68(7)8)91(83-45-37-75(38-46-83)31-27-71(11)23-15-19-67(5)6)93(89)85-53-49-77(50-54-85)79-57-61-87(95)62-58-79/h33-72H,13-32H2,1-12H3. The molecule has 0 heterocycles. The largest absolute Gasteiger partial charge is 0.0628 e. The Hall–Kier alpha value is -5.56. The fourth-order valence-corrected chi connectivity index (χ4v) is 15.2. The summed E-state index contributed by atoms with van der Waals surface area (Å²) < 4.78 is 2.49. The fourth-order valence-electron chi connectivity index (χ4n) is 14.5. The van der Waals surface area contributed by atoms with Gasteiger partial charge in [0.05, 0.1) is 0 Å². The van der Waals surface area contributed by atoms with Crippen LogP contribution >= 0.6 is 45.2 Å². The minimum absolute atomic E-state index is 0.691. The lowest BCUT2D eigenvalue weighted by atomic mass is 9.73. The van der Waals surface area contributed by atoms with Gasteiger partial charge in [-0.05, 0) is 279 Å². The Morgan fingerprint density at radius 3 is 0.521 bits per heavy atom. The molecule has 9 aromatic rings. The molecule has 4 atom stereocenters. The van der Waals surface area contributed by atoms with Crippen molar-refractivity contribution in [3.8, 4) is 89.0 Å². The highest BCUT2D eigenvalue weighted by molar-refractivity contribution is 14.1. The van der Waals surface area contributed by atoms with Crippen LogP contribution < -0.4 is 0 Å². The van der Waals surface area contributed by atoms with Crippen LogP contribution in [0.1, 0.15) is 208 Å². The van der Waals surface area contributed by atoms with Crippen LogP contribution in [0, 0.1) is 54.5 Å². The highest BCUT2D eigenvalue weighted by atomic mass is 127. The van der Waals surface area contributed by atoms with Crippen molar-refractivity contribution in [3.63, 3.8) is 0 Å². The third-order valence-electron chi connectivity index (χ3n) is 20.8. The predicted molar refractivity (Wildman–Crippen MR) is 440 cm³/mol. The molecule has 0 aliphatic carbocycles. The molecule has 0 saturated carbocycles. The Kier molecular flexibility index (Phi) is 29.2. The number of hydrogen-bond acceptors (Lipinski definition) is 0. The Balaban J connectivity index is 1.33. The molecule has 0 saturated heterocycles. The summed E-state index contributed by atoms with van der Waals surface area (Å²) in [6.45, 7) is 28.8. The van der Waals surface area contributed by atoms with Gasteiger partial charge in [-0.25, -0.2) is 0 Å². The van der Waals surface area contributed by atoms with Gasteiger partial charge in [0.25, 0.3) is 0 Å². The number of rotatable bonds is 36. The molecule has 0 bridgehead atoms. The van der Waals surface area contributed by atoms with E-state index in [0.717, 1.165) is 49.4 Å². The van der Waals surface area contributed by atoms with Crippen molar-refractivity contribution in [3.05, 3.63) is 224 Å². The van der Waals surface area contributed by atoms with Gasteiger partial charge in [0, 0.05) is 7.14 Å². The Labute approximate surface area is 611 Å². The van der Waals surface area contributed by atoms with E-state index in [2.05, 4.69) is 322 Å². The molecular formula is C94H116I2. The third kappa shape index (κ3) is 22.2. The van der Waals surface area contributed by atoms with Gasteiger partial charge in [-0.2, -0.15) is 0 Å². The van der Waals surface area contributed by atoms with E-state index in [0.29, 0.717) is 23.7 Å². The minimum Gasteiger partial charge on any atom is -0.0628 e. The average Bonchev–Trinajstić information content (AvgIpc) is 0.716. The van der Waals surface area contributed by atoms with Gasteiger partial charge in [0.1, 0.15) is 0 Å². The van der Waals surface area contributed by atoms with E-state index in [1.807, 2.05) is 0 Å². The normalized spacial score (nSPS) is 13.1. The van der Waals surface area contributed by atoms with Crippen molar-refractivity contribution < 1.29 is 0 Å². The smallest absolute Gasteiger partial charge is 0.0130 e. The van der Waals surface area contributed by atoms with Gasteiger partial charge in [0.15, 0.2) is 0 Å². The second kappa shape index (κ2) is 37.6. The first kappa shape index (κ1) is 74.7. The Morgan fingerprint density at radius 2 is 0.344 bits per heavy atom. The molecule has 0 aliphatic heterocycles. The predicted octanol–water partition coefficient (Wildman–Crippen LogP) is 29.8. The van der Waals surface area contributed by atoms with Crippen LogP contribution in [0.5, 0.6) is 0 Å². The van der Waals surface area contributed by atoms with Crippen LogP contribution in [0.25, 0.3) is 89.0 Å². The summed E-state index contributed by atoms with van der Waals surface area (Å²) in [7, 11) is 0. The molecular weight excluding hydrogens is 1380 g/mol. The van der Waals surface area contributed by atoms with Crippen molar-refractivity contribution in [2.24, 2.45) is 47.3 Å². The Bertz CT molecular complexity index is 3320. The highest BCUT2D eigenvalue weighted by Gasteiger charge is 2.30. The lowest BCUT2D eigenvalue weighted by Gasteiger charge is -2.29. The number of aryl methyl sites for hydroxylation is 4. The van der Waals surface area contributed by atoms with Crippen molar-refractivity contribution in [2.75, 3.05) is 0 Å². The zero-order chi connectivity index (χ0) is 68.1. The molecule has 4 unspecified atom stereocenters. The molecule has 0 spiro atoms. The maximum atomic E-state index is 2.49. The monoisotopic (exact) mass is 1500 g/mol. The van der Waals surface area contributed by atoms with Crippen LogP contribution in [0.15, 0.2) is 194 Å². The molecule has 0 radical (unpaired) electrons. The van der Waals surface area contributed by atoms with Crippen molar-refractivity contribution in [1.29, 1.82) is 0 Å². The number of benzene rings is 9. The topological polar surface area (TPSA) is 0 Å². The SMILES string of the molecule is CC(C)CCCC(C)CCc1ccc(-c2c(-c3ccc(CCC(C)CCCC(C)C)cc3)c(-c3ccc(-c4ccc(I)cc4)cc3)c(-c3ccc(CCC(C)CCCC(C)C)cc3)c(-c3ccc(CCC(C)CCCC(C)C)cc3)c2-c2ccc(-c3ccc(I)cc3)cc2)cc1. The van der Waals surface area contributed by atoms with Crippen LogP contribution in [-0.2, 0) is 25.7 Å².